The van der Waals surface area contributed by atoms with Crippen molar-refractivity contribution in [2.45, 2.75) is 30.9 Å². The second-order valence-corrected chi connectivity index (χ2v) is 9.64. The number of carbonyl (C=O) groups excluding carboxylic acids is 1. The second-order valence-electron chi connectivity index (χ2n) is 6.58. The zero-order valence-corrected chi connectivity index (χ0v) is 15.9. The molecular weight excluding hydrogens is 387 g/mol. The van der Waals surface area contributed by atoms with E-state index in [0.29, 0.717) is 32.5 Å². The van der Waals surface area contributed by atoms with E-state index in [9.17, 15) is 18.3 Å². The second kappa shape index (κ2) is 7.31. The largest absolute Gasteiger partial charge is 0.506 e. The first-order chi connectivity index (χ1) is 11.8. The third-order valence-corrected chi connectivity index (χ3v) is 7.61. The number of phenolic OH excluding ortho intramolecular Hbond substituents is 1. The highest BCUT2D eigenvalue weighted by Crippen LogP contribution is 2.33. The molecule has 138 valence electrons. The number of piperidine rings is 1. The molecule has 1 amide bonds. The molecule has 1 aromatic rings. The molecule has 0 atom stereocenters. The maximum Gasteiger partial charge on any atom is 0.255 e. The molecule has 1 heterocycles. The summed E-state index contributed by atoms with van der Waals surface area (Å²) < 4.78 is 26.0. The van der Waals surface area contributed by atoms with Crippen molar-refractivity contribution in [3.63, 3.8) is 0 Å². The molecule has 3 rings (SSSR count). The standard InChI is InChI=1S/C16H20Cl2N2O4S/c17-11-7-13(15(21)14(18)8-11)16(22)19-9-10-3-5-20(6-4-10)25(23,24)12-1-2-12/h7-8,10,12,21H,1-6,9H2,(H,19,22). The normalized spacial score (nSPS) is 19.8. The Bertz CT molecular complexity index is 773. The van der Waals surface area contributed by atoms with Gasteiger partial charge in [-0.05, 0) is 43.7 Å². The number of aromatic hydroxyl groups is 1. The van der Waals surface area contributed by atoms with Crippen LogP contribution in [-0.4, -0.2) is 48.6 Å². The Kier molecular flexibility index (Phi) is 5.48. The van der Waals surface area contributed by atoms with Crippen LogP contribution in [0.2, 0.25) is 10.0 Å². The number of rotatable bonds is 5. The minimum atomic E-state index is -3.12. The monoisotopic (exact) mass is 406 g/mol. The van der Waals surface area contributed by atoms with Crippen LogP contribution in [0, 0.1) is 5.92 Å². The van der Waals surface area contributed by atoms with Crippen molar-refractivity contribution in [3.8, 4) is 5.75 Å². The molecule has 1 aliphatic carbocycles. The number of carbonyl (C=O) groups is 1. The molecule has 2 N–H and O–H groups in total. The first-order valence-corrected chi connectivity index (χ1v) is 10.5. The predicted octanol–water partition coefficient (Wildman–Crippen LogP) is 2.63. The van der Waals surface area contributed by atoms with Gasteiger partial charge in [-0.3, -0.25) is 4.79 Å². The lowest BCUT2D eigenvalue weighted by molar-refractivity contribution is 0.0939. The molecule has 25 heavy (non-hydrogen) atoms. The van der Waals surface area contributed by atoms with Gasteiger partial charge >= 0.3 is 0 Å². The van der Waals surface area contributed by atoms with E-state index in [1.165, 1.54) is 12.1 Å². The van der Waals surface area contributed by atoms with Gasteiger partial charge in [-0.2, -0.15) is 0 Å². The van der Waals surface area contributed by atoms with Crippen molar-refractivity contribution >= 4 is 39.1 Å². The van der Waals surface area contributed by atoms with Crippen LogP contribution in [0.1, 0.15) is 36.0 Å². The third kappa shape index (κ3) is 4.22. The number of sulfonamides is 1. The molecule has 1 saturated heterocycles. The lowest BCUT2D eigenvalue weighted by Crippen LogP contribution is -2.42. The molecule has 9 heteroatoms. The van der Waals surface area contributed by atoms with Gasteiger partial charge in [-0.1, -0.05) is 23.2 Å². The quantitative estimate of drug-likeness (QED) is 0.786. The first-order valence-electron chi connectivity index (χ1n) is 8.24. The van der Waals surface area contributed by atoms with Gasteiger partial charge in [-0.15, -0.1) is 0 Å². The Balaban J connectivity index is 1.52. The van der Waals surface area contributed by atoms with Crippen molar-refractivity contribution in [2.75, 3.05) is 19.6 Å². The van der Waals surface area contributed by atoms with E-state index < -0.39 is 15.9 Å². The number of phenols is 1. The van der Waals surface area contributed by atoms with E-state index >= 15 is 0 Å². The van der Waals surface area contributed by atoms with E-state index in [4.69, 9.17) is 23.2 Å². The van der Waals surface area contributed by atoms with Crippen molar-refractivity contribution < 1.29 is 18.3 Å². The van der Waals surface area contributed by atoms with Gasteiger partial charge in [0.05, 0.1) is 15.8 Å². The van der Waals surface area contributed by atoms with Crippen LogP contribution < -0.4 is 5.32 Å². The number of nitrogens with zero attached hydrogens (tertiary/aromatic N) is 1. The SMILES string of the molecule is O=C(NCC1CCN(S(=O)(=O)C2CC2)CC1)c1cc(Cl)cc(Cl)c1O. The van der Waals surface area contributed by atoms with Crippen LogP contribution in [0.3, 0.4) is 0 Å². The van der Waals surface area contributed by atoms with Gasteiger partial charge in [0.1, 0.15) is 5.75 Å². The lowest BCUT2D eigenvalue weighted by atomic mass is 9.98. The summed E-state index contributed by atoms with van der Waals surface area (Å²) in [6.07, 6.45) is 2.94. The summed E-state index contributed by atoms with van der Waals surface area (Å²) in [6, 6.07) is 2.73. The van der Waals surface area contributed by atoms with E-state index in [1.54, 1.807) is 4.31 Å². The van der Waals surface area contributed by atoms with Crippen LogP contribution in [0.5, 0.6) is 5.75 Å². The van der Waals surface area contributed by atoms with E-state index in [-0.39, 0.29) is 32.5 Å². The number of hydrogen-bond donors (Lipinski definition) is 2. The van der Waals surface area contributed by atoms with Crippen LogP contribution in [-0.2, 0) is 10.0 Å². The molecular formula is C16H20Cl2N2O4S. The Morgan fingerprint density at radius 1 is 1.20 bits per heavy atom. The summed E-state index contributed by atoms with van der Waals surface area (Å²) >= 11 is 11.7. The van der Waals surface area contributed by atoms with Gasteiger partial charge in [0.2, 0.25) is 10.0 Å². The van der Waals surface area contributed by atoms with Crippen LogP contribution in [0.4, 0.5) is 0 Å². The van der Waals surface area contributed by atoms with Crippen molar-refractivity contribution in [2.24, 2.45) is 5.92 Å². The molecule has 1 saturated carbocycles. The molecule has 1 aliphatic heterocycles. The van der Waals surface area contributed by atoms with E-state index in [2.05, 4.69) is 5.32 Å². The molecule has 0 bridgehead atoms. The zero-order valence-electron chi connectivity index (χ0n) is 13.5. The molecule has 1 aromatic carbocycles. The van der Waals surface area contributed by atoms with Gasteiger partial charge in [0, 0.05) is 24.7 Å². The average Bonchev–Trinajstić information content (AvgIpc) is 3.42. The van der Waals surface area contributed by atoms with E-state index in [1.807, 2.05) is 0 Å². The molecule has 0 unspecified atom stereocenters. The average molecular weight is 407 g/mol. The topological polar surface area (TPSA) is 86.7 Å². The lowest BCUT2D eigenvalue weighted by Gasteiger charge is -2.31. The van der Waals surface area contributed by atoms with Crippen LogP contribution in [0.25, 0.3) is 0 Å². The summed E-state index contributed by atoms with van der Waals surface area (Å²) in [6.45, 7) is 1.40. The summed E-state index contributed by atoms with van der Waals surface area (Å²) in [5.74, 6) is -0.546. The number of halogens is 2. The summed E-state index contributed by atoms with van der Waals surface area (Å²) in [5, 5.41) is 12.8. The summed E-state index contributed by atoms with van der Waals surface area (Å²) in [4.78, 5) is 12.2. The molecule has 2 aliphatic rings. The van der Waals surface area contributed by atoms with Crippen molar-refractivity contribution in [1.82, 2.24) is 9.62 Å². The molecule has 6 nitrogen and oxygen atoms in total. The predicted molar refractivity (Wildman–Crippen MR) is 96.7 cm³/mol. The van der Waals surface area contributed by atoms with Gasteiger partial charge < -0.3 is 10.4 Å². The third-order valence-electron chi connectivity index (χ3n) is 4.70. The summed E-state index contributed by atoms with van der Waals surface area (Å²) in [7, 11) is -3.12. The van der Waals surface area contributed by atoms with Gasteiger partial charge in [0.15, 0.2) is 0 Å². The fourth-order valence-electron chi connectivity index (χ4n) is 3.02. The fraction of sp³-hybridized carbons (Fsp3) is 0.562. The van der Waals surface area contributed by atoms with Gasteiger partial charge in [-0.25, -0.2) is 12.7 Å². The van der Waals surface area contributed by atoms with Gasteiger partial charge in [0.25, 0.3) is 5.91 Å². The van der Waals surface area contributed by atoms with E-state index in [0.717, 1.165) is 12.8 Å². The maximum absolute atomic E-state index is 12.2. The fourth-order valence-corrected chi connectivity index (χ4v) is 5.38. The number of benzene rings is 1. The Morgan fingerprint density at radius 3 is 2.44 bits per heavy atom. The highest BCUT2D eigenvalue weighted by Gasteiger charge is 2.41. The molecule has 2 fully saturated rings. The Hall–Kier alpha value is -1.02. The first kappa shape index (κ1) is 18.8. The smallest absolute Gasteiger partial charge is 0.255 e. The van der Waals surface area contributed by atoms with Crippen molar-refractivity contribution in [1.29, 1.82) is 0 Å². The van der Waals surface area contributed by atoms with Crippen molar-refractivity contribution in [3.05, 3.63) is 27.7 Å². The number of hydrogen-bond acceptors (Lipinski definition) is 4. The summed E-state index contributed by atoms with van der Waals surface area (Å²) in [5.41, 5.74) is 0.0336. The van der Waals surface area contributed by atoms with Crippen LogP contribution in [0.15, 0.2) is 12.1 Å². The number of amides is 1. The zero-order chi connectivity index (χ0) is 18.2. The molecule has 0 radical (unpaired) electrons. The molecule has 0 spiro atoms. The Morgan fingerprint density at radius 2 is 1.84 bits per heavy atom. The highest BCUT2D eigenvalue weighted by atomic mass is 35.5. The maximum atomic E-state index is 12.2. The number of nitrogens with one attached hydrogen (secondary N) is 1. The minimum Gasteiger partial charge on any atom is -0.506 e. The highest BCUT2D eigenvalue weighted by molar-refractivity contribution is 7.90. The molecule has 0 aromatic heterocycles. The minimum absolute atomic E-state index is 0.0243. The Labute approximate surface area is 157 Å². The van der Waals surface area contributed by atoms with Crippen LogP contribution >= 0.6 is 23.2 Å².